The van der Waals surface area contributed by atoms with Gasteiger partial charge in [0.2, 0.25) is 0 Å². The van der Waals surface area contributed by atoms with Gasteiger partial charge in [-0.25, -0.2) is 4.79 Å². The van der Waals surface area contributed by atoms with E-state index in [1.54, 1.807) is 20.8 Å². The normalized spacial score (nSPS) is 27.7. The Bertz CT molecular complexity index is 339. The van der Waals surface area contributed by atoms with Gasteiger partial charge in [-0.3, -0.25) is 4.79 Å². The van der Waals surface area contributed by atoms with Crippen molar-refractivity contribution in [2.45, 2.75) is 70.1 Å². The van der Waals surface area contributed by atoms with Crippen molar-refractivity contribution in [2.24, 2.45) is 0 Å². The van der Waals surface area contributed by atoms with E-state index in [4.69, 9.17) is 9.84 Å². The average molecular weight is 273 g/mol. The number of amides is 1. The highest BCUT2D eigenvalue weighted by molar-refractivity contribution is 5.68. The van der Waals surface area contributed by atoms with Crippen LogP contribution in [-0.4, -0.2) is 39.5 Å². The van der Waals surface area contributed by atoms with E-state index in [1.807, 2.05) is 0 Å². The molecular formula is C13H23NO5. The first-order chi connectivity index (χ1) is 8.60. The number of carboxylic acids is 1. The van der Waals surface area contributed by atoms with Crippen LogP contribution in [0.25, 0.3) is 0 Å². The molecule has 19 heavy (non-hydrogen) atoms. The van der Waals surface area contributed by atoms with Crippen molar-refractivity contribution in [2.75, 3.05) is 0 Å². The Morgan fingerprint density at radius 3 is 2.26 bits per heavy atom. The van der Waals surface area contributed by atoms with Crippen LogP contribution in [-0.2, 0) is 9.53 Å². The lowest BCUT2D eigenvalue weighted by atomic mass is 9.80. The molecule has 1 saturated carbocycles. The molecule has 110 valence electrons. The van der Waals surface area contributed by atoms with Crippen LogP contribution in [0.4, 0.5) is 4.79 Å². The summed E-state index contributed by atoms with van der Waals surface area (Å²) in [5, 5.41) is 21.5. The maximum absolute atomic E-state index is 11.6. The van der Waals surface area contributed by atoms with E-state index in [-0.39, 0.29) is 12.5 Å². The zero-order chi connectivity index (χ0) is 14.7. The number of carbonyl (C=O) groups is 2. The van der Waals surface area contributed by atoms with Gasteiger partial charge < -0.3 is 20.3 Å². The topological polar surface area (TPSA) is 95.9 Å². The number of rotatable bonds is 3. The van der Waals surface area contributed by atoms with Crippen LogP contribution in [0, 0.1) is 0 Å². The summed E-state index contributed by atoms with van der Waals surface area (Å²) < 4.78 is 5.15. The van der Waals surface area contributed by atoms with Crippen molar-refractivity contribution in [3.63, 3.8) is 0 Å². The van der Waals surface area contributed by atoms with E-state index < -0.39 is 23.3 Å². The fraction of sp³-hybridized carbons (Fsp3) is 0.846. The molecule has 1 aliphatic carbocycles. The molecule has 1 rings (SSSR count). The lowest BCUT2D eigenvalue weighted by Gasteiger charge is -2.35. The Labute approximate surface area is 113 Å². The lowest BCUT2D eigenvalue weighted by molar-refractivity contribution is -0.144. The van der Waals surface area contributed by atoms with Gasteiger partial charge in [0.25, 0.3) is 0 Å². The van der Waals surface area contributed by atoms with Crippen LogP contribution in [0.2, 0.25) is 0 Å². The van der Waals surface area contributed by atoms with E-state index in [0.717, 1.165) is 0 Å². The van der Waals surface area contributed by atoms with Crippen molar-refractivity contribution in [3.8, 4) is 0 Å². The Kier molecular flexibility index (Phi) is 4.79. The van der Waals surface area contributed by atoms with E-state index >= 15 is 0 Å². The van der Waals surface area contributed by atoms with Gasteiger partial charge in [0.15, 0.2) is 0 Å². The fourth-order valence-electron chi connectivity index (χ4n) is 2.23. The summed E-state index contributed by atoms with van der Waals surface area (Å²) >= 11 is 0. The summed E-state index contributed by atoms with van der Waals surface area (Å²) in [5.41, 5.74) is -1.68. The van der Waals surface area contributed by atoms with Crippen LogP contribution in [0.15, 0.2) is 0 Å². The molecule has 0 aromatic carbocycles. The van der Waals surface area contributed by atoms with E-state index in [9.17, 15) is 14.7 Å². The van der Waals surface area contributed by atoms with Gasteiger partial charge in [0.05, 0.1) is 12.0 Å². The first-order valence-corrected chi connectivity index (χ1v) is 6.53. The van der Waals surface area contributed by atoms with Crippen LogP contribution in [0.5, 0.6) is 0 Å². The summed E-state index contributed by atoms with van der Waals surface area (Å²) in [6, 6.07) is -0.0658. The van der Waals surface area contributed by atoms with Gasteiger partial charge in [0.1, 0.15) is 5.60 Å². The maximum atomic E-state index is 11.6. The lowest BCUT2D eigenvalue weighted by Crippen LogP contribution is -2.45. The highest BCUT2D eigenvalue weighted by atomic mass is 16.6. The molecule has 3 N–H and O–H groups in total. The van der Waals surface area contributed by atoms with Gasteiger partial charge in [-0.1, -0.05) is 0 Å². The second-order valence-electron chi connectivity index (χ2n) is 6.22. The second-order valence-corrected chi connectivity index (χ2v) is 6.22. The summed E-state index contributed by atoms with van der Waals surface area (Å²) in [6.45, 7) is 5.37. The van der Waals surface area contributed by atoms with Gasteiger partial charge in [-0.05, 0) is 46.5 Å². The van der Waals surface area contributed by atoms with Crippen LogP contribution in [0.3, 0.4) is 0 Å². The van der Waals surface area contributed by atoms with Crippen LogP contribution in [0.1, 0.15) is 52.9 Å². The van der Waals surface area contributed by atoms with Crippen molar-refractivity contribution in [1.82, 2.24) is 5.32 Å². The van der Waals surface area contributed by atoms with E-state index in [0.29, 0.717) is 25.7 Å². The highest BCUT2D eigenvalue weighted by Crippen LogP contribution is 2.31. The SMILES string of the molecule is CC(C)(C)OC(=O)NC1CCC(O)(CC(=O)O)CC1. The highest BCUT2D eigenvalue weighted by Gasteiger charge is 2.36. The molecule has 0 bridgehead atoms. The molecule has 0 aromatic heterocycles. The van der Waals surface area contributed by atoms with Crippen LogP contribution < -0.4 is 5.32 Å². The smallest absolute Gasteiger partial charge is 0.407 e. The standard InChI is InChI=1S/C13H23NO5/c1-12(2,3)19-11(17)14-9-4-6-13(18,7-5-9)8-10(15)16/h9,18H,4-8H2,1-3H3,(H,14,17)(H,15,16). The molecule has 0 heterocycles. The maximum Gasteiger partial charge on any atom is 0.407 e. The number of nitrogens with one attached hydrogen (secondary N) is 1. The average Bonchev–Trinajstić information content (AvgIpc) is 2.17. The third kappa shape index (κ3) is 5.92. The number of alkyl carbamates (subject to hydrolysis) is 1. The summed E-state index contributed by atoms with van der Waals surface area (Å²) in [4.78, 5) is 22.2. The molecule has 0 spiro atoms. The first-order valence-electron chi connectivity index (χ1n) is 6.53. The predicted octanol–water partition coefficient (Wildman–Crippen LogP) is 1.66. The number of ether oxygens (including phenoxy) is 1. The van der Waals surface area contributed by atoms with E-state index in [1.165, 1.54) is 0 Å². The summed E-state index contributed by atoms with van der Waals surface area (Å²) in [5.74, 6) is -0.999. The van der Waals surface area contributed by atoms with Crippen molar-refractivity contribution < 1.29 is 24.5 Å². The van der Waals surface area contributed by atoms with Crippen molar-refractivity contribution in [3.05, 3.63) is 0 Å². The van der Waals surface area contributed by atoms with Gasteiger partial charge in [-0.15, -0.1) is 0 Å². The van der Waals surface area contributed by atoms with Gasteiger partial charge in [0, 0.05) is 6.04 Å². The number of carboxylic acid groups (broad SMARTS) is 1. The van der Waals surface area contributed by atoms with Crippen molar-refractivity contribution in [1.29, 1.82) is 0 Å². The monoisotopic (exact) mass is 273 g/mol. The third-order valence-corrected chi connectivity index (χ3v) is 3.12. The minimum atomic E-state index is -1.14. The molecule has 1 aliphatic rings. The Morgan fingerprint density at radius 2 is 1.84 bits per heavy atom. The number of aliphatic carboxylic acids is 1. The zero-order valence-corrected chi connectivity index (χ0v) is 11.7. The fourth-order valence-corrected chi connectivity index (χ4v) is 2.23. The van der Waals surface area contributed by atoms with Crippen LogP contribution >= 0.6 is 0 Å². The molecule has 0 radical (unpaired) electrons. The Morgan fingerprint density at radius 1 is 1.32 bits per heavy atom. The molecule has 0 unspecified atom stereocenters. The van der Waals surface area contributed by atoms with Gasteiger partial charge >= 0.3 is 12.1 Å². The number of aliphatic hydroxyl groups is 1. The molecule has 0 saturated heterocycles. The summed E-state index contributed by atoms with van der Waals surface area (Å²) in [6.07, 6.45) is 1.15. The van der Waals surface area contributed by atoms with E-state index in [2.05, 4.69) is 5.32 Å². The largest absolute Gasteiger partial charge is 0.481 e. The number of hydrogen-bond donors (Lipinski definition) is 3. The van der Waals surface area contributed by atoms with Crippen molar-refractivity contribution >= 4 is 12.1 Å². The molecule has 0 atom stereocenters. The molecule has 6 heteroatoms. The van der Waals surface area contributed by atoms with Gasteiger partial charge in [-0.2, -0.15) is 0 Å². The molecule has 6 nitrogen and oxygen atoms in total. The minimum Gasteiger partial charge on any atom is -0.481 e. The second kappa shape index (κ2) is 5.77. The predicted molar refractivity (Wildman–Crippen MR) is 68.8 cm³/mol. The molecule has 0 aromatic rings. The molecule has 0 aliphatic heterocycles. The molecular weight excluding hydrogens is 250 g/mol. The Hall–Kier alpha value is -1.30. The minimum absolute atomic E-state index is 0.0658. The third-order valence-electron chi connectivity index (χ3n) is 3.12. The number of hydrogen-bond acceptors (Lipinski definition) is 4. The Balaban J connectivity index is 2.38. The molecule has 1 amide bonds. The zero-order valence-electron chi connectivity index (χ0n) is 11.7. The first kappa shape index (κ1) is 15.8. The number of carbonyl (C=O) groups excluding carboxylic acids is 1. The quantitative estimate of drug-likeness (QED) is 0.726. The molecule has 1 fully saturated rings. The summed E-state index contributed by atoms with van der Waals surface area (Å²) in [7, 11) is 0.